The van der Waals surface area contributed by atoms with Crippen LogP contribution in [0.1, 0.15) is 28.2 Å². The Hall–Kier alpha value is -3.69. The molecule has 4 aliphatic rings. The first-order chi connectivity index (χ1) is 16.6. The van der Waals surface area contributed by atoms with Gasteiger partial charge in [0.25, 0.3) is 0 Å². The highest BCUT2D eigenvalue weighted by Crippen LogP contribution is 2.66. The Kier molecular flexibility index (Phi) is 4.01. The molecular formula is C30H20ClNO2. The normalized spacial score (nSPS) is 26.3. The van der Waals surface area contributed by atoms with Gasteiger partial charge in [-0.15, -0.1) is 11.6 Å². The van der Waals surface area contributed by atoms with Crippen LogP contribution in [0.25, 0.3) is 11.1 Å². The number of carbonyl (C=O) groups excluding carboxylic acids is 2. The van der Waals surface area contributed by atoms with E-state index in [0.29, 0.717) is 5.69 Å². The van der Waals surface area contributed by atoms with Crippen LogP contribution in [0.5, 0.6) is 0 Å². The van der Waals surface area contributed by atoms with Gasteiger partial charge in [-0.1, -0.05) is 97.1 Å². The SMILES string of the molecule is O=C1[C@@H]2C3c4ccccc4C(Cl)(c4ccccc43)[C@H]2C(=O)N1c1ccccc1-c1ccccc1. The number of hydrogen-bond acceptors (Lipinski definition) is 2. The molecule has 3 aliphatic carbocycles. The summed E-state index contributed by atoms with van der Waals surface area (Å²) >= 11 is 7.53. The highest BCUT2D eigenvalue weighted by Gasteiger charge is 2.68. The van der Waals surface area contributed by atoms with Crippen molar-refractivity contribution in [2.45, 2.75) is 10.8 Å². The van der Waals surface area contributed by atoms with E-state index < -0.39 is 16.7 Å². The number of benzene rings is 4. The molecule has 1 fully saturated rings. The zero-order valence-electron chi connectivity index (χ0n) is 18.2. The molecule has 8 rings (SSSR count). The first-order valence-corrected chi connectivity index (χ1v) is 11.9. The maximum Gasteiger partial charge on any atom is 0.240 e. The summed E-state index contributed by atoms with van der Waals surface area (Å²) in [5, 5.41) is 0. The second-order valence-corrected chi connectivity index (χ2v) is 9.86. The van der Waals surface area contributed by atoms with E-state index in [1.165, 1.54) is 4.90 Å². The Morgan fingerprint density at radius 2 is 1.21 bits per heavy atom. The number of anilines is 1. The predicted octanol–water partition coefficient (Wildman–Crippen LogP) is 6.10. The molecule has 1 heterocycles. The molecule has 0 spiro atoms. The smallest absolute Gasteiger partial charge is 0.240 e. The molecule has 2 amide bonds. The Morgan fingerprint density at radius 1 is 0.647 bits per heavy atom. The summed E-state index contributed by atoms with van der Waals surface area (Å²) in [4.78, 5) is 28.6. The minimum Gasteiger partial charge on any atom is -0.274 e. The molecule has 0 aromatic heterocycles. The number of para-hydroxylation sites is 1. The third kappa shape index (κ3) is 2.32. The summed E-state index contributed by atoms with van der Waals surface area (Å²) in [6.07, 6.45) is 0. The fraction of sp³-hybridized carbons (Fsp3) is 0.133. The number of alkyl halides is 1. The van der Waals surface area contributed by atoms with Crippen LogP contribution < -0.4 is 4.90 Å². The molecule has 164 valence electrons. The van der Waals surface area contributed by atoms with Gasteiger partial charge in [-0.05, 0) is 33.9 Å². The van der Waals surface area contributed by atoms with Crippen molar-refractivity contribution in [1.29, 1.82) is 0 Å². The number of amides is 2. The van der Waals surface area contributed by atoms with Gasteiger partial charge in [-0.25, -0.2) is 4.90 Å². The molecule has 0 saturated carbocycles. The second kappa shape index (κ2) is 6.91. The van der Waals surface area contributed by atoms with Crippen LogP contribution in [-0.4, -0.2) is 11.8 Å². The summed E-state index contributed by atoms with van der Waals surface area (Å²) in [6, 6.07) is 33.5. The highest BCUT2D eigenvalue weighted by atomic mass is 35.5. The zero-order valence-corrected chi connectivity index (χ0v) is 18.9. The predicted molar refractivity (Wildman–Crippen MR) is 133 cm³/mol. The van der Waals surface area contributed by atoms with E-state index in [-0.39, 0.29) is 17.7 Å². The minimum absolute atomic E-state index is 0.169. The van der Waals surface area contributed by atoms with Crippen molar-refractivity contribution >= 4 is 29.1 Å². The van der Waals surface area contributed by atoms with Gasteiger partial charge >= 0.3 is 0 Å². The van der Waals surface area contributed by atoms with E-state index >= 15 is 0 Å². The van der Waals surface area contributed by atoms with Crippen molar-refractivity contribution in [2.75, 3.05) is 4.90 Å². The van der Waals surface area contributed by atoms with Crippen molar-refractivity contribution < 1.29 is 9.59 Å². The maximum atomic E-state index is 14.2. The first-order valence-electron chi connectivity index (χ1n) is 11.5. The molecule has 4 aromatic carbocycles. The summed E-state index contributed by atoms with van der Waals surface area (Å²) in [7, 11) is 0. The molecule has 4 heteroatoms. The van der Waals surface area contributed by atoms with Crippen LogP contribution in [0.2, 0.25) is 0 Å². The third-order valence-electron chi connectivity index (χ3n) is 7.74. The lowest BCUT2D eigenvalue weighted by molar-refractivity contribution is -0.122. The van der Waals surface area contributed by atoms with Gasteiger partial charge in [0.2, 0.25) is 11.8 Å². The summed E-state index contributed by atoms with van der Waals surface area (Å²) < 4.78 is 0. The third-order valence-corrected chi connectivity index (χ3v) is 8.39. The molecule has 0 radical (unpaired) electrons. The average Bonchev–Trinajstić information content (AvgIpc) is 3.16. The number of nitrogens with zero attached hydrogens (tertiary/aromatic N) is 1. The summed E-state index contributed by atoms with van der Waals surface area (Å²) in [5.74, 6) is -1.76. The van der Waals surface area contributed by atoms with E-state index in [1.54, 1.807) is 0 Å². The van der Waals surface area contributed by atoms with Crippen LogP contribution in [0.15, 0.2) is 103 Å². The maximum absolute atomic E-state index is 14.2. The van der Waals surface area contributed by atoms with E-state index in [1.807, 2.05) is 91.0 Å². The van der Waals surface area contributed by atoms with Crippen LogP contribution in [0.4, 0.5) is 5.69 Å². The summed E-state index contributed by atoms with van der Waals surface area (Å²) in [5.41, 5.74) is 6.43. The fourth-order valence-corrected chi connectivity index (χ4v) is 7.02. The van der Waals surface area contributed by atoms with E-state index in [2.05, 4.69) is 12.1 Å². The molecule has 4 aromatic rings. The Balaban J connectivity index is 1.46. The number of carbonyl (C=O) groups is 2. The quantitative estimate of drug-likeness (QED) is 0.267. The van der Waals surface area contributed by atoms with Crippen molar-refractivity contribution in [3.63, 3.8) is 0 Å². The Labute approximate surface area is 202 Å². The molecule has 1 aliphatic heterocycles. The molecular weight excluding hydrogens is 442 g/mol. The summed E-state index contributed by atoms with van der Waals surface area (Å²) in [6.45, 7) is 0. The van der Waals surface area contributed by atoms with Gasteiger partial charge in [-0.3, -0.25) is 9.59 Å². The van der Waals surface area contributed by atoms with Crippen molar-refractivity contribution in [2.24, 2.45) is 11.8 Å². The van der Waals surface area contributed by atoms with E-state index in [4.69, 9.17) is 11.6 Å². The largest absolute Gasteiger partial charge is 0.274 e. The van der Waals surface area contributed by atoms with Crippen LogP contribution in [-0.2, 0) is 14.5 Å². The van der Waals surface area contributed by atoms with Crippen molar-refractivity contribution in [3.8, 4) is 11.1 Å². The Morgan fingerprint density at radius 3 is 1.88 bits per heavy atom. The van der Waals surface area contributed by atoms with Gasteiger partial charge in [0.15, 0.2) is 0 Å². The second-order valence-electron chi connectivity index (χ2n) is 9.26. The number of imide groups is 1. The molecule has 3 nitrogen and oxygen atoms in total. The van der Waals surface area contributed by atoms with Crippen LogP contribution in [0, 0.1) is 11.8 Å². The highest BCUT2D eigenvalue weighted by molar-refractivity contribution is 6.33. The number of hydrogen-bond donors (Lipinski definition) is 0. The number of halogens is 1. The lowest BCUT2D eigenvalue weighted by atomic mass is 9.54. The zero-order chi connectivity index (χ0) is 23.0. The monoisotopic (exact) mass is 461 g/mol. The van der Waals surface area contributed by atoms with Crippen molar-refractivity contribution in [1.82, 2.24) is 0 Å². The van der Waals surface area contributed by atoms with Crippen molar-refractivity contribution in [3.05, 3.63) is 125 Å². The van der Waals surface area contributed by atoms with Crippen LogP contribution in [0.3, 0.4) is 0 Å². The van der Waals surface area contributed by atoms with E-state index in [0.717, 1.165) is 33.4 Å². The molecule has 1 saturated heterocycles. The van der Waals surface area contributed by atoms with E-state index in [9.17, 15) is 9.59 Å². The van der Waals surface area contributed by atoms with Gasteiger partial charge < -0.3 is 0 Å². The minimum atomic E-state index is -1.07. The molecule has 0 N–H and O–H groups in total. The standard InChI is InChI=1S/C30H20ClNO2/c31-30-22-15-7-4-13-20(22)25(21-14-5-8-16-23(21)30)26-27(30)29(34)32(28(26)33)24-17-9-6-12-19(24)18-10-2-1-3-11-18/h1-17,25-27H/t25?,26-,27-,30?/m1/s1. The topological polar surface area (TPSA) is 37.4 Å². The van der Waals surface area contributed by atoms with Gasteiger partial charge in [0.05, 0.1) is 17.5 Å². The van der Waals surface area contributed by atoms with Gasteiger partial charge in [-0.2, -0.15) is 0 Å². The first kappa shape index (κ1) is 19.7. The van der Waals surface area contributed by atoms with Gasteiger partial charge in [0.1, 0.15) is 4.87 Å². The molecule has 2 atom stereocenters. The number of rotatable bonds is 2. The lowest BCUT2D eigenvalue weighted by Crippen LogP contribution is -2.50. The molecule has 2 bridgehead atoms. The lowest BCUT2D eigenvalue weighted by Gasteiger charge is -2.50. The fourth-order valence-electron chi connectivity index (χ4n) is 6.45. The van der Waals surface area contributed by atoms with Crippen LogP contribution >= 0.6 is 11.6 Å². The Bertz CT molecular complexity index is 1450. The molecule has 0 unspecified atom stereocenters. The molecule has 34 heavy (non-hydrogen) atoms. The van der Waals surface area contributed by atoms with Gasteiger partial charge in [0, 0.05) is 11.5 Å². The average molecular weight is 462 g/mol.